The van der Waals surface area contributed by atoms with Gasteiger partial charge >= 0.3 is 41.5 Å². The van der Waals surface area contributed by atoms with Crippen LogP contribution in [0.4, 0.5) is 0 Å². The number of esters is 2. The van der Waals surface area contributed by atoms with Gasteiger partial charge in [-0.2, -0.15) is 0 Å². The molecule has 0 bridgehead atoms. The van der Waals surface area contributed by atoms with E-state index >= 15 is 0 Å². The number of hydrogen-bond donors (Lipinski definition) is 0. The van der Waals surface area contributed by atoms with Crippen LogP contribution in [0.2, 0.25) is 0 Å². The molecule has 0 saturated carbocycles. The largest absolute Gasteiger partial charge is 1.00 e. The van der Waals surface area contributed by atoms with E-state index in [4.69, 9.17) is 0 Å². The fraction of sp³-hybridized carbons (Fsp3) is 0.850. The van der Waals surface area contributed by atoms with Gasteiger partial charge in [0.15, 0.2) is 0 Å². The molecule has 0 aromatic rings. The molecule has 26 heavy (non-hydrogen) atoms. The summed E-state index contributed by atoms with van der Waals surface area (Å²) in [6.45, 7) is 2.24. The third-order valence-corrected chi connectivity index (χ3v) is 4.25. The van der Waals surface area contributed by atoms with E-state index in [0.29, 0.717) is 6.42 Å². The van der Waals surface area contributed by atoms with Crippen molar-refractivity contribution in [2.45, 2.75) is 110 Å². The van der Waals surface area contributed by atoms with Crippen molar-refractivity contribution < 1.29 is 53.8 Å². The third kappa shape index (κ3) is 21.7. The molecule has 0 unspecified atom stereocenters. The Hall–Kier alpha value is -0.390. The predicted octanol–water partition coefficient (Wildman–Crippen LogP) is 1.07. The van der Waals surface area contributed by atoms with Gasteiger partial charge in [0.1, 0.15) is 0 Å². The predicted molar refractivity (Wildman–Crippen MR) is 95.7 cm³/mol. The van der Waals surface area contributed by atoms with Crippen molar-refractivity contribution in [3.8, 4) is 0 Å². The normalized spacial score (nSPS) is 10.2. The molecular formula is C20H35NaO5. The number of carboxylic acid groups (broad SMARTS) is 1. The van der Waals surface area contributed by atoms with Gasteiger partial charge in [-0.15, -0.1) is 0 Å². The fourth-order valence-corrected chi connectivity index (χ4v) is 2.72. The zero-order valence-corrected chi connectivity index (χ0v) is 18.9. The molecule has 0 spiro atoms. The van der Waals surface area contributed by atoms with Gasteiger partial charge < -0.3 is 14.6 Å². The molecule has 0 radical (unpaired) electrons. The van der Waals surface area contributed by atoms with Crippen molar-refractivity contribution in [1.82, 2.24) is 0 Å². The first-order valence-electron chi connectivity index (χ1n) is 9.99. The summed E-state index contributed by atoms with van der Waals surface area (Å²) in [4.78, 5) is 32.7. The molecule has 0 aliphatic heterocycles. The van der Waals surface area contributed by atoms with Crippen LogP contribution in [0.3, 0.4) is 0 Å². The maximum atomic E-state index is 11.4. The van der Waals surface area contributed by atoms with Crippen molar-refractivity contribution in [2.24, 2.45) is 0 Å². The van der Waals surface area contributed by atoms with Crippen LogP contribution in [0.15, 0.2) is 0 Å². The van der Waals surface area contributed by atoms with Gasteiger partial charge in [-0.3, -0.25) is 9.59 Å². The van der Waals surface area contributed by atoms with Gasteiger partial charge in [0.25, 0.3) is 0 Å². The number of hydrogen-bond acceptors (Lipinski definition) is 5. The number of carboxylic acids is 1. The molecule has 0 fully saturated rings. The van der Waals surface area contributed by atoms with Crippen molar-refractivity contribution >= 4 is 17.9 Å². The number of aliphatic carboxylic acids is 1. The number of unbranched alkanes of at least 4 members (excludes halogenated alkanes) is 12. The zero-order valence-electron chi connectivity index (χ0n) is 16.9. The summed E-state index contributed by atoms with van der Waals surface area (Å²) in [6.07, 6.45) is 15.5. The van der Waals surface area contributed by atoms with Gasteiger partial charge in [-0.05, 0) is 12.8 Å². The van der Waals surface area contributed by atoms with Gasteiger partial charge in [-0.25, -0.2) is 0 Å². The summed E-state index contributed by atoms with van der Waals surface area (Å²) in [5, 5.41) is 10.2. The van der Waals surface area contributed by atoms with Gasteiger partial charge in [0.05, 0.1) is 6.42 Å². The molecule has 0 amide bonds. The maximum Gasteiger partial charge on any atom is 1.00 e. The standard InChI is InChI=1S/C20H36O5.Na/c1-2-3-4-5-6-7-8-9-10-11-12-13-14-15-19(23)25-20(24)17-16-18(21)22;/h2-17H2,1H3,(H,21,22);/q;+1/p-1. The fourth-order valence-electron chi connectivity index (χ4n) is 2.72. The second kappa shape index (κ2) is 20.9. The molecule has 6 heteroatoms. The van der Waals surface area contributed by atoms with E-state index in [1.54, 1.807) is 0 Å². The molecule has 0 aromatic heterocycles. The average Bonchev–Trinajstić information content (AvgIpc) is 2.57. The van der Waals surface area contributed by atoms with Gasteiger partial charge in [0.2, 0.25) is 0 Å². The van der Waals surface area contributed by atoms with Crippen LogP contribution < -0.4 is 34.7 Å². The number of carbonyl (C=O) groups excluding carboxylic acids is 3. The summed E-state index contributed by atoms with van der Waals surface area (Å²) in [5.41, 5.74) is 0. The number of rotatable bonds is 17. The van der Waals surface area contributed by atoms with Crippen LogP contribution in [0.25, 0.3) is 0 Å². The summed E-state index contributed by atoms with van der Waals surface area (Å²) >= 11 is 0. The minimum absolute atomic E-state index is 0. The molecule has 0 aliphatic rings. The Morgan fingerprint density at radius 2 is 1.00 bits per heavy atom. The van der Waals surface area contributed by atoms with Crippen molar-refractivity contribution in [2.75, 3.05) is 0 Å². The molecular weight excluding hydrogens is 343 g/mol. The molecule has 0 aromatic carbocycles. The average molecular weight is 378 g/mol. The van der Waals surface area contributed by atoms with Crippen LogP contribution in [-0.4, -0.2) is 17.9 Å². The number of carbonyl (C=O) groups is 3. The first kappa shape index (κ1) is 27.8. The van der Waals surface area contributed by atoms with Crippen LogP contribution in [0, 0.1) is 0 Å². The Bertz CT molecular complexity index is 371. The number of ether oxygens (including phenoxy) is 1. The quantitative estimate of drug-likeness (QED) is 0.164. The van der Waals surface area contributed by atoms with Crippen molar-refractivity contribution in [3.63, 3.8) is 0 Å². The topological polar surface area (TPSA) is 83.5 Å². The van der Waals surface area contributed by atoms with E-state index in [9.17, 15) is 19.5 Å². The summed E-state index contributed by atoms with van der Waals surface area (Å²) in [7, 11) is 0. The molecule has 0 saturated heterocycles. The van der Waals surface area contributed by atoms with Crippen LogP contribution >= 0.6 is 0 Å². The third-order valence-electron chi connectivity index (χ3n) is 4.25. The molecule has 5 nitrogen and oxygen atoms in total. The van der Waals surface area contributed by atoms with Crippen molar-refractivity contribution in [1.29, 1.82) is 0 Å². The Balaban J connectivity index is 0. The van der Waals surface area contributed by atoms with Crippen LogP contribution in [0.5, 0.6) is 0 Å². The molecule has 0 atom stereocenters. The van der Waals surface area contributed by atoms with Gasteiger partial charge in [0, 0.05) is 12.4 Å². The summed E-state index contributed by atoms with van der Waals surface area (Å²) < 4.78 is 4.54. The van der Waals surface area contributed by atoms with E-state index in [2.05, 4.69) is 11.7 Å². The molecule has 0 heterocycles. The minimum Gasteiger partial charge on any atom is -0.550 e. The van der Waals surface area contributed by atoms with E-state index in [1.165, 1.54) is 64.2 Å². The second-order valence-corrected chi connectivity index (χ2v) is 6.71. The zero-order chi connectivity index (χ0) is 18.8. The first-order valence-corrected chi connectivity index (χ1v) is 9.99. The Morgan fingerprint density at radius 1 is 0.615 bits per heavy atom. The SMILES string of the molecule is CCCCCCCCCCCCCCCC(=O)OC(=O)CCC(=O)[O-].[Na+]. The monoisotopic (exact) mass is 378 g/mol. The van der Waals surface area contributed by atoms with E-state index in [0.717, 1.165) is 12.8 Å². The van der Waals surface area contributed by atoms with Gasteiger partial charge in [-0.1, -0.05) is 84.0 Å². The summed E-state index contributed by atoms with van der Waals surface area (Å²) in [5.74, 6) is -2.67. The Kier molecular flexibility index (Phi) is 22.4. The molecule has 0 N–H and O–H groups in total. The van der Waals surface area contributed by atoms with E-state index in [1.807, 2.05) is 0 Å². The molecule has 0 rings (SSSR count). The Morgan fingerprint density at radius 3 is 1.42 bits per heavy atom. The molecule has 146 valence electrons. The maximum absolute atomic E-state index is 11.4. The Labute approximate surface area is 180 Å². The smallest absolute Gasteiger partial charge is 0.550 e. The second-order valence-electron chi connectivity index (χ2n) is 6.71. The van der Waals surface area contributed by atoms with E-state index in [-0.39, 0.29) is 42.4 Å². The summed E-state index contributed by atoms with van der Waals surface area (Å²) in [6, 6.07) is 0. The first-order chi connectivity index (χ1) is 12.1. The minimum atomic E-state index is -1.32. The molecule has 0 aliphatic carbocycles. The van der Waals surface area contributed by atoms with Crippen LogP contribution in [0.1, 0.15) is 110 Å². The van der Waals surface area contributed by atoms with Crippen molar-refractivity contribution in [3.05, 3.63) is 0 Å². The van der Waals surface area contributed by atoms with E-state index < -0.39 is 24.3 Å². The van der Waals surface area contributed by atoms with Crippen LogP contribution in [-0.2, 0) is 19.1 Å².